The summed E-state index contributed by atoms with van der Waals surface area (Å²) in [4.78, 5) is 10.9. The smallest absolute Gasteiger partial charge is 0.308 e. The fraction of sp³-hybridized carbons (Fsp3) is 0.462. The Hall–Kier alpha value is -1.35. The number of carbonyl (C=O) groups excluding carboxylic acids is 1. The molecule has 3 heteroatoms. The lowest BCUT2D eigenvalue weighted by Gasteiger charge is -2.27. The van der Waals surface area contributed by atoms with Crippen LogP contribution in [0.4, 0.5) is 0 Å². The maximum atomic E-state index is 10.9. The Kier molecular flexibility index (Phi) is 4.07. The van der Waals surface area contributed by atoms with E-state index < -0.39 is 0 Å². The fourth-order valence-electron chi connectivity index (χ4n) is 1.69. The number of nitrogens with two attached hydrogens (primary N) is 1. The highest BCUT2D eigenvalue weighted by Gasteiger charge is 2.23. The van der Waals surface area contributed by atoms with Crippen LogP contribution in [0.1, 0.15) is 39.2 Å². The second-order valence-electron chi connectivity index (χ2n) is 3.98. The Bertz CT molecular complexity index is 370. The van der Waals surface area contributed by atoms with E-state index >= 15 is 0 Å². The Labute approximate surface area is 96.6 Å². The minimum atomic E-state index is -0.337. The Morgan fingerprint density at radius 3 is 2.50 bits per heavy atom. The van der Waals surface area contributed by atoms with Crippen LogP contribution in [-0.4, -0.2) is 5.97 Å². The summed E-state index contributed by atoms with van der Waals surface area (Å²) in [6.07, 6.45) is 1.71. The predicted octanol–water partition coefficient (Wildman–Crippen LogP) is 2.59. The van der Waals surface area contributed by atoms with Crippen molar-refractivity contribution in [2.75, 3.05) is 0 Å². The second kappa shape index (κ2) is 5.12. The Morgan fingerprint density at radius 2 is 2.00 bits per heavy atom. The largest absolute Gasteiger partial charge is 0.427 e. The predicted molar refractivity (Wildman–Crippen MR) is 64.2 cm³/mol. The van der Waals surface area contributed by atoms with Crippen LogP contribution in [0, 0.1) is 0 Å². The van der Waals surface area contributed by atoms with Gasteiger partial charge in [0.05, 0.1) is 0 Å². The number of benzene rings is 1. The first-order chi connectivity index (χ1) is 7.51. The third-order valence-electron chi connectivity index (χ3n) is 2.93. The molecule has 2 N–H and O–H groups in total. The van der Waals surface area contributed by atoms with E-state index in [1.807, 2.05) is 18.2 Å². The molecule has 1 rings (SSSR count). The van der Waals surface area contributed by atoms with Crippen LogP contribution in [0.5, 0.6) is 5.75 Å². The molecule has 0 fully saturated rings. The summed E-state index contributed by atoms with van der Waals surface area (Å²) < 4.78 is 5.04. The maximum Gasteiger partial charge on any atom is 0.308 e. The van der Waals surface area contributed by atoms with E-state index in [0.29, 0.717) is 5.75 Å². The summed E-state index contributed by atoms with van der Waals surface area (Å²) in [5.41, 5.74) is 6.95. The topological polar surface area (TPSA) is 52.3 Å². The monoisotopic (exact) mass is 221 g/mol. The van der Waals surface area contributed by atoms with E-state index in [1.165, 1.54) is 6.92 Å². The van der Waals surface area contributed by atoms with Crippen molar-refractivity contribution in [3.8, 4) is 5.75 Å². The van der Waals surface area contributed by atoms with Gasteiger partial charge in [0.1, 0.15) is 5.75 Å². The summed E-state index contributed by atoms with van der Waals surface area (Å²) in [6, 6.07) is 7.44. The molecule has 0 radical (unpaired) electrons. The van der Waals surface area contributed by atoms with Crippen molar-refractivity contribution in [1.82, 2.24) is 0 Å². The van der Waals surface area contributed by atoms with Gasteiger partial charge in [-0.1, -0.05) is 26.0 Å². The van der Waals surface area contributed by atoms with Crippen LogP contribution in [0.25, 0.3) is 0 Å². The van der Waals surface area contributed by atoms with Gasteiger partial charge >= 0.3 is 5.97 Å². The standard InChI is InChI=1S/C13H19NO2/c1-4-13(14,5-2)11-7-6-8-12(9-11)16-10(3)15/h6-9H,4-5,14H2,1-3H3. The van der Waals surface area contributed by atoms with Crippen LogP contribution in [0.3, 0.4) is 0 Å². The molecule has 16 heavy (non-hydrogen) atoms. The van der Waals surface area contributed by atoms with Crippen LogP contribution >= 0.6 is 0 Å². The summed E-state index contributed by atoms with van der Waals surface area (Å²) >= 11 is 0. The molecule has 0 bridgehead atoms. The first-order valence-electron chi connectivity index (χ1n) is 5.59. The van der Waals surface area contributed by atoms with Gasteiger partial charge in [-0.25, -0.2) is 0 Å². The van der Waals surface area contributed by atoms with Crippen molar-refractivity contribution < 1.29 is 9.53 Å². The van der Waals surface area contributed by atoms with Gasteiger partial charge in [-0.05, 0) is 30.5 Å². The molecule has 0 atom stereocenters. The van der Waals surface area contributed by atoms with Gasteiger partial charge in [0, 0.05) is 12.5 Å². The van der Waals surface area contributed by atoms with Crippen LogP contribution in [0.15, 0.2) is 24.3 Å². The van der Waals surface area contributed by atoms with Crippen LogP contribution in [-0.2, 0) is 10.3 Å². The lowest BCUT2D eigenvalue weighted by molar-refractivity contribution is -0.131. The summed E-state index contributed by atoms with van der Waals surface area (Å²) in [6.45, 7) is 5.51. The Balaban J connectivity index is 3.01. The number of esters is 1. The quantitative estimate of drug-likeness (QED) is 0.628. The van der Waals surface area contributed by atoms with Crippen molar-refractivity contribution in [2.24, 2.45) is 5.73 Å². The summed E-state index contributed by atoms with van der Waals surface area (Å²) in [5, 5.41) is 0. The van der Waals surface area contributed by atoms with Crippen molar-refractivity contribution in [1.29, 1.82) is 0 Å². The molecule has 0 saturated carbocycles. The molecule has 0 aliphatic heterocycles. The molecule has 0 aromatic heterocycles. The van der Waals surface area contributed by atoms with Crippen LogP contribution in [0.2, 0.25) is 0 Å². The number of hydrogen-bond donors (Lipinski definition) is 1. The number of rotatable bonds is 4. The lowest BCUT2D eigenvalue weighted by atomic mass is 9.86. The molecule has 1 aromatic rings. The molecule has 0 spiro atoms. The highest BCUT2D eigenvalue weighted by atomic mass is 16.5. The average Bonchev–Trinajstić information content (AvgIpc) is 2.27. The zero-order chi connectivity index (χ0) is 12.2. The SMILES string of the molecule is CCC(N)(CC)c1cccc(OC(C)=O)c1. The summed E-state index contributed by atoms with van der Waals surface area (Å²) in [7, 11) is 0. The molecule has 0 amide bonds. The van der Waals surface area contributed by atoms with E-state index in [0.717, 1.165) is 18.4 Å². The molecule has 0 aliphatic carbocycles. The van der Waals surface area contributed by atoms with Gasteiger partial charge in [-0.15, -0.1) is 0 Å². The number of ether oxygens (including phenoxy) is 1. The van der Waals surface area contributed by atoms with E-state index in [2.05, 4.69) is 13.8 Å². The normalized spacial score (nSPS) is 11.2. The lowest BCUT2D eigenvalue weighted by Crippen LogP contribution is -2.35. The number of hydrogen-bond acceptors (Lipinski definition) is 3. The van der Waals surface area contributed by atoms with E-state index in [-0.39, 0.29) is 11.5 Å². The first-order valence-corrected chi connectivity index (χ1v) is 5.59. The van der Waals surface area contributed by atoms with Gasteiger partial charge in [-0.3, -0.25) is 4.79 Å². The average molecular weight is 221 g/mol. The zero-order valence-electron chi connectivity index (χ0n) is 10.1. The maximum absolute atomic E-state index is 10.9. The van der Waals surface area contributed by atoms with Gasteiger partial charge in [0.25, 0.3) is 0 Å². The van der Waals surface area contributed by atoms with Crippen LogP contribution < -0.4 is 10.5 Å². The van der Waals surface area contributed by atoms with Gasteiger partial charge < -0.3 is 10.5 Å². The molecule has 88 valence electrons. The summed E-state index contributed by atoms with van der Waals surface area (Å²) in [5.74, 6) is 0.245. The van der Waals surface area contributed by atoms with Gasteiger partial charge in [-0.2, -0.15) is 0 Å². The third-order valence-corrected chi connectivity index (χ3v) is 2.93. The molecule has 0 heterocycles. The van der Waals surface area contributed by atoms with Crippen molar-refractivity contribution in [3.05, 3.63) is 29.8 Å². The highest BCUT2D eigenvalue weighted by molar-refractivity contribution is 5.69. The minimum absolute atomic E-state index is 0.312. The van der Waals surface area contributed by atoms with Gasteiger partial charge in [0.2, 0.25) is 0 Å². The fourth-order valence-corrected chi connectivity index (χ4v) is 1.69. The molecule has 3 nitrogen and oxygen atoms in total. The van der Waals surface area contributed by atoms with Gasteiger partial charge in [0.15, 0.2) is 0 Å². The van der Waals surface area contributed by atoms with Crippen molar-refractivity contribution in [3.63, 3.8) is 0 Å². The van der Waals surface area contributed by atoms with E-state index in [9.17, 15) is 4.79 Å². The Morgan fingerprint density at radius 1 is 1.38 bits per heavy atom. The molecule has 0 aliphatic rings. The minimum Gasteiger partial charge on any atom is -0.427 e. The molecule has 1 aromatic carbocycles. The first kappa shape index (κ1) is 12.7. The number of carbonyl (C=O) groups is 1. The molecular weight excluding hydrogens is 202 g/mol. The zero-order valence-corrected chi connectivity index (χ0v) is 10.1. The van der Waals surface area contributed by atoms with Crippen molar-refractivity contribution >= 4 is 5.97 Å². The van der Waals surface area contributed by atoms with Crippen molar-refractivity contribution in [2.45, 2.75) is 39.2 Å². The second-order valence-corrected chi connectivity index (χ2v) is 3.98. The third kappa shape index (κ3) is 2.83. The molecular formula is C13H19NO2. The molecule has 0 unspecified atom stereocenters. The van der Waals surface area contributed by atoms with E-state index in [1.54, 1.807) is 6.07 Å². The highest BCUT2D eigenvalue weighted by Crippen LogP contribution is 2.28. The molecule has 0 saturated heterocycles. The van der Waals surface area contributed by atoms with E-state index in [4.69, 9.17) is 10.5 Å².